The zero-order valence-corrected chi connectivity index (χ0v) is 6.58. The molecule has 1 aromatic heterocycles. The van der Waals surface area contributed by atoms with Crippen molar-refractivity contribution in [3.05, 3.63) is 29.6 Å². The van der Waals surface area contributed by atoms with Crippen LogP contribution in [0.25, 0.3) is 0 Å². The van der Waals surface area contributed by atoms with Gasteiger partial charge in [-0.05, 0) is 6.07 Å². The predicted octanol–water partition coefficient (Wildman–Crippen LogP) is 1.82. The minimum absolute atomic E-state index is 0.0251. The summed E-state index contributed by atoms with van der Waals surface area (Å²) in [6.07, 6.45) is 1.82. The quantitative estimate of drug-likeness (QED) is 0.534. The lowest BCUT2D eigenvalue weighted by atomic mass is 9.82. The van der Waals surface area contributed by atoms with Crippen LogP contribution in [0.2, 0.25) is 0 Å². The first-order valence-electron chi connectivity index (χ1n) is 3.61. The van der Waals surface area contributed by atoms with Crippen LogP contribution < -0.4 is 0 Å². The van der Waals surface area contributed by atoms with Gasteiger partial charge in [-0.2, -0.15) is 0 Å². The second-order valence-electron chi connectivity index (χ2n) is 2.66. The lowest BCUT2D eigenvalue weighted by molar-refractivity contribution is 0.112. The van der Waals surface area contributed by atoms with Gasteiger partial charge in [0.15, 0.2) is 6.29 Å². The van der Waals surface area contributed by atoms with Crippen molar-refractivity contribution in [2.24, 2.45) is 0 Å². The summed E-state index contributed by atoms with van der Waals surface area (Å²) in [5, 5.41) is 0. The van der Waals surface area contributed by atoms with Crippen LogP contribution in [0.5, 0.6) is 0 Å². The van der Waals surface area contributed by atoms with E-state index >= 15 is 0 Å². The Morgan fingerprint density at radius 3 is 2.62 bits per heavy atom. The van der Waals surface area contributed by atoms with E-state index in [1.165, 1.54) is 12.3 Å². The highest BCUT2D eigenvalue weighted by Crippen LogP contribution is 2.15. The highest BCUT2D eigenvalue weighted by molar-refractivity contribution is 6.57. The number of aromatic nitrogens is 1. The summed E-state index contributed by atoms with van der Waals surface area (Å²) in [6, 6.07) is 1.19. The maximum Gasteiger partial charge on any atom is 0.482 e. The van der Waals surface area contributed by atoms with Gasteiger partial charge >= 0.3 is 6.98 Å². The van der Waals surface area contributed by atoms with Crippen LogP contribution in [0.1, 0.15) is 15.9 Å². The third-order valence-electron chi connectivity index (χ3n) is 1.42. The molecular formula is C7H6BF3NO-. The van der Waals surface area contributed by atoms with Gasteiger partial charge in [0.05, 0.1) is 0 Å². The third-order valence-corrected chi connectivity index (χ3v) is 1.42. The molecule has 0 unspecified atom stereocenters. The SMILES string of the molecule is O=Cc1cncc(C[B-](F)(F)F)c1. The summed E-state index contributed by atoms with van der Waals surface area (Å²) in [6.45, 7) is -4.86. The van der Waals surface area contributed by atoms with E-state index in [2.05, 4.69) is 4.98 Å². The van der Waals surface area contributed by atoms with Gasteiger partial charge < -0.3 is 12.9 Å². The van der Waals surface area contributed by atoms with Crippen molar-refractivity contribution >= 4 is 13.3 Å². The molecular weight excluding hydrogens is 182 g/mol. The molecule has 6 heteroatoms. The Hall–Kier alpha value is -1.33. The number of pyridine rings is 1. The average Bonchev–Trinajstić information content (AvgIpc) is 2.01. The van der Waals surface area contributed by atoms with Crippen molar-refractivity contribution in [3.63, 3.8) is 0 Å². The predicted molar refractivity (Wildman–Crippen MR) is 42.4 cm³/mol. The molecule has 1 heterocycles. The van der Waals surface area contributed by atoms with Gasteiger partial charge in [-0.1, -0.05) is 11.9 Å². The highest BCUT2D eigenvalue weighted by atomic mass is 19.4. The second kappa shape index (κ2) is 3.59. The molecule has 0 N–H and O–H groups in total. The van der Waals surface area contributed by atoms with E-state index in [1.54, 1.807) is 0 Å². The number of carbonyl (C=O) groups is 1. The van der Waals surface area contributed by atoms with Crippen LogP contribution in [0.4, 0.5) is 12.9 Å². The molecule has 0 saturated carbocycles. The van der Waals surface area contributed by atoms with Gasteiger partial charge in [0.2, 0.25) is 0 Å². The Morgan fingerprint density at radius 2 is 2.08 bits per heavy atom. The Balaban J connectivity index is 2.84. The fourth-order valence-corrected chi connectivity index (χ4v) is 0.951. The molecule has 0 saturated heterocycles. The Bertz CT molecular complexity index is 313. The Labute approximate surface area is 72.8 Å². The lowest BCUT2D eigenvalue weighted by Gasteiger charge is -2.12. The highest BCUT2D eigenvalue weighted by Gasteiger charge is 2.23. The van der Waals surface area contributed by atoms with Gasteiger partial charge in [-0.25, -0.2) is 0 Å². The van der Waals surface area contributed by atoms with E-state index < -0.39 is 13.3 Å². The number of aldehydes is 1. The first-order valence-corrected chi connectivity index (χ1v) is 3.61. The molecule has 0 amide bonds. The van der Waals surface area contributed by atoms with Crippen molar-refractivity contribution < 1.29 is 17.7 Å². The fourth-order valence-electron chi connectivity index (χ4n) is 0.951. The molecule has 1 rings (SSSR count). The summed E-state index contributed by atoms with van der Waals surface area (Å²) in [5.41, 5.74) is 0.189. The molecule has 0 aliphatic heterocycles. The van der Waals surface area contributed by atoms with Crippen LogP contribution in [0, 0.1) is 0 Å². The normalized spacial score (nSPS) is 11.3. The Kier molecular flexibility index (Phi) is 2.70. The largest absolute Gasteiger partial charge is 0.482 e. The van der Waals surface area contributed by atoms with Crippen LogP contribution >= 0.6 is 0 Å². The molecule has 0 spiro atoms. The minimum atomic E-state index is -4.86. The smallest absolute Gasteiger partial charge is 0.449 e. The van der Waals surface area contributed by atoms with Gasteiger partial charge in [0, 0.05) is 18.0 Å². The van der Waals surface area contributed by atoms with Gasteiger partial charge in [-0.3, -0.25) is 9.78 Å². The molecule has 0 fully saturated rings. The van der Waals surface area contributed by atoms with Gasteiger partial charge in [0.1, 0.15) is 0 Å². The zero-order valence-electron chi connectivity index (χ0n) is 6.58. The molecule has 0 aliphatic carbocycles. The van der Waals surface area contributed by atoms with Crippen molar-refractivity contribution in [2.75, 3.05) is 0 Å². The fraction of sp³-hybridized carbons (Fsp3) is 0.143. The van der Waals surface area contributed by atoms with E-state index in [0.717, 1.165) is 6.20 Å². The van der Waals surface area contributed by atoms with E-state index in [0.29, 0.717) is 6.29 Å². The molecule has 2 nitrogen and oxygen atoms in total. The van der Waals surface area contributed by atoms with Crippen molar-refractivity contribution in [1.82, 2.24) is 4.98 Å². The molecule has 0 aliphatic rings. The molecule has 1 aromatic rings. The molecule has 70 valence electrons. The third kappa shape index (κ3) is 3.27. The summed E-state index contributed by atoms with van der Waals surface area (Å²) in [5.74, 6) is 0. The second-order valence-corrected chi connectivity index (χ2v) is 2.66. The summed E-state index contributed by atoms with van der Waals surface area (Å²) < 4.78 is 35.8. The maximum atomic E-state index is 11.9. The van der Waals surface area contributed by atoms with Crippen LogP contribution in [-0.4, -0.2) is 18.2 Å². The standard InChI is InChI=1S/C7H6BF3NO/c9-8(10,11)2-6-1-7(5-13)4-12-3-6/h1,3-5H,2H2/q-1. The monoisotopic (exact) mass is 188 g/mol. The topological polar surface area (TPSA) is 30.0 Å². The van der Waals surface area contributed by atoms with E-state index in [-0.39, 0.29) is 11.1 Å². The number of hydrogen-bond donors (Lipinski definition) is 0. The van der Waals surface area contributed by atoms with Crippen LogP contribution in [0.3, 0.4) is 0 Å². The molecule has 13 heavy (non-hydrogen) atoms. The maximum absolute atomic E-state index is 11.9. The average molecular weight is 188 g/mol. The Morgan fingerprint density at radius 1 is 1.38 bits per heavy atom. The van der Waals surface area contributed by atoms with Gasteiger partial charge in [-0.15, -0.1) is 0 Å². The molecule has 0 bridgehead atoms. The number of carbonyl (C=O) groups excluding carboxylic acids is 1. The van der Waals surface area contributed by atoms with Crippen molar-refractivity contribution in [3.8, 4) is 0 Å². The summed E-state index contributed by atoms with van der Waals surface area (Å²) in [7, 11) is 0. The molecule has 0 radical (unpaired) electrons. The van der Waals surface area contributed by atoms with Crippen LogP contribution in [0.15, 0.2) is 18.5 Å². The number of hydrogen-bond acceptors (Lipinski definition) is 2. The first-order chi connectivity index (χ1) is 6.01. The van der Waals surface area contributed by atoms with E-state index in [1.807, 2.05) is 0 Å². The number of halogens is 3. The minimum Gasteiger partial charge on any atom is -0.449 e. The lowest BCUT2D eigenvalue weighted by Crippen LogP contribution is -2.19. The molecule has 0 aromatic carbocycles. The van der Waals surface area contributed by atoms with E-state index in [9.17, 15) is 17.7 Å². The van der Waals surface area contributed by atoms with Gasteiger partial charge in [0.25, 0.3) is 0 Å². The van der Waals surface area contributed by atoms with Crippen LogP contribution in [-0.2, 0) is 6.32 Å². The zero-order chi connectivity index (χ0) is 9.90. The summed E-state index contributed by atoms with van der Waals surface area (Å²) >= 11 is 0. The first kappa shape index (κ1) is 9.76. The van der Waals surface area contributed by atoms with Crippen molar-refractivity contribution in [2.45, 2.75) is 6.32 Å². The number of nitrogens with zero attached hydrogens (tertiary/aromatic N) is 1. The number of rotatable bonds is 3. The molecule has 0 atom stereocenters. The summed E-state index contributed by atoms with van der Waals surface area (Å²) in [4.78, 5) is 13.7. The van der Waals surface area contributed by atoms with E-state index in [4.69, 9.17) is 0 Å². The van der Waals surface area contributed by atoms with Crippen molar-refractivity contribution in [1.29, 1.82) is 0 Å².